The summed E-state index contributed by atoms with van der Waals surface area (Å²) in [4.78, 5) is 0. The van der Waals surface area contributed by atoms with Gasteiger partial charge in [0.2, 0.25) is 0 Å². The van der Waals surface area contributed by atoms with Gasteiger partial charge in [0.1, 0.15) is 11.6 Å². The molecule has 17 heavy (non-hydrogen) atoms. The van der Waals surface area contributed by atoms with E-state index in [4.69, 9.17) is 0 Å². The number of benzene rings is 1. The molecule has 0 aromatic heterocycles. The third kappa shape index (κ3) is 3.77. The van der Waals surface area contributed by atoms with Crippen LogP contribution in [0.1, 0.15) is 38.2 Å². The van der Waals surface area contributed by atoms with Gasteiger partial charge in [-0.2, -0.15) is 0 Å². The number of hydrogen-bond donors (Lipinski definition) is 1. The SMILES string of the molecule is CCC(CC1CC1)NCc1cc(F)ccc1F. The first kappa shape index (κ1) is 12.5. The molecule has 3 heteroatoms. The standard InChI is InChI=1S/C14H19F2N/c1-2-13(7-10-3-4-10)17-9-11-8-12(15)5-6-14(11)16/h5-6,8,10,13,17H,2-4,7,9H2,1H3. The predicted octanol–water partition coefficient (Wildman–Crippen LogP) is 3.63. The second kappa shape index (κ2) is 5.58. The van der Waals surface area contributed by atoms with Gasteiger partial charge < -0.3 is 5.32 Å². The lowest BCUT2D eigenvalue weighted by Gasteiger charge is -2.16. The van der Waals surface area contributed by atoms with Crippen LogP contribution in [0.3, 0.4) is 0 Å². The van der Waals surface area contributed by atoms with Crippen LogP contribution < -0.4 is 5.32 Å². The molecule has 0 amide bonds. The Morgan fingerprint density at radius 2 is 2.12 bits per heavy atom. The van der Waals surface area contributed by atoms with Gasteiger partial charge >= 0.3 is 0 Å². The molecule has 1 unspecified atom stereocenters. The van der Waals surface area contributed by atoms with Gasteiger partial charge in [-0.15, -0.1) is 0 Å². The van der Waals surface area contributed by atoms with E-state index in [1.165, 1.54) is 25.0 Å². The topological polar surface area (TPSA) is 12.0 Å². The fourth-order valence-corrected chi connectivity index (χ4v) is 2.08. The molecular formula is C14H19F2N. The van der Waals surface area contributed by atoms with Gasteiger partial charge in [0.05, 0.1) is 0 Å². The highest BCUT2D eigenvalue weighted by Gasteiger charge is 2.24. The van der Waals surface area contributed by atoms with E-state index in [1.807, 2.05) is 0 Å². The maximum Gasteiger partial charge on any atom is 0.127 e. The third-order valence-electron chi connectivity index (χ3n) is 3.40. The van der Waals surface area contributed by atoms with Crippen molar-refractivity contribution < 1.29 is 8.78 Å². The quantitative estimate of drug-likeness (QED) is 0.799. The molecule has 1 aliphatic carbocycles. The highest BCUT2D eigenvalue weighted by molar-refractivity contribution is 5.18. The van der Waals surface area contributed by atoms with Crippen molar-refractivity contribution >= 4 is 0 Å². The molecule has 2 rings (SSSR count). The number of nitrogens with one attached hydrogen (secondary N) is 1. The van der Waals surface area contributed by atoms with Crippen LogP contribution >= 0.6 is 0 Å². The van der Waals surface area contributed by atoms with E-state index >= 15 is 0 Å². The van der Waals surface area contributed by atoms with Gasteiger partial charge in [-0.25, -0.2) is 8.78 Å². The maximum atomic E-state index is 13.4. The summed E-state index contributed by atoms with van der Waals surface area (Å²) in [6, 6.07) is 4.03. The minimum atomic E-state index is -0.376. The zero-order valence-corrected chi connectivity index (χ0v) is 10.2. The van der Waals surface area contributed by atoms with Crippen molar-refractivity contribution in [1.29, 1.82) is 0 Å². The van der Waals surface area contributed by atoms with Crippen molar-refractivity contribution in [2.75, 3.05) is 0 Å². The van der Waals surface area contributed by atoms with Crippen LogP contribution in [0, 0.1) is 17.6 Å². The Kier molecular flexibility index (Phi) is 4.11. The predicted molar refractivity (Wildman–Crippen MR) is 64.6 cm³/mol. The summed E-state index contributed by atoms with van der Waals surface area (Å²) in [5.41, 5.74) is 0.416. The van der Waals surface area contributed by atoms with Crippen LogP contribution in [0.5, 0.6) is 0 Å². The number of hydrogen-bond acceptors (Lipinski definition) is 1. The molecule has 1 saturated carbocycles. The van der Waals surface area contributed by atoms with E-state index in [0.717, 1.165) is 24.8 Å². The van der Waals surface area contributed by atoms with Crippen molar-refractivity contribution in [1.82, 2.24) is 5.32 Å². The highest BCUT2D eigenvalue weighted by Crippen LogP contribution is 2.34. The molecular weight excluding hydrogens is 220 g/mol. The lowest BCUT2D eigenvalue weighted by atomic mass is 10.1. The van der Waals surface area contributed by atoms with Crippen LogP contribution in [-0.4, -0.2) is 6.04 Å². The molecule has 1 aliphatic rings. The summed E-state index contributed by atoms with van der Waals surface area (Å²) >= 11 is 0. The van der Waals surface area contributed by atoms with Crippen LogP contribution in [0.25, 0.3) is 0 Å². The zero-order valence-electron chi connectivity index (χ0n) is 10.2. The summed E-state index contributed by atoms with van der Waals surface area (Å²) in [5.74, 6) is 0.142. The molecule has 0 aliphatic heterocycles. The van der Waals surface area contributed by atoms with Crippen LogP contribution in [-0.2, 0) is 6.54 Å². The Bertz CT molecular complexity index is 374. The monoisotopic (exact) mass is 239 g/mol. The second-order valence-electron chi connectivity index (χ2n) is 4.90. The first-order valence-corrected chi connectivity index (χ1v) is 6.36. The summed E-state index contributed by atoms with van der Waals surface area (Å²) in [6.45, 7) is 2.54. The van der Waals surface area contributed by atoms with Crippen molar-refractivity contribution in [2.24, 2.45) is 5.92 Å². The Morgan fingerprint density at radius 3 is 2.76 bits per heavy atom. The molecule has 0 heterocycles. The molecule has 1 atom stereocenters. The van der Waals surface area contributed by atoms with Gasteiger partial charge in [0.25, 0.3) is 0 Å². The molecule has 1 aromatic rings. The van der Waals surface area contributed by atoms with E-state index in [1.54, 1.807) is 0 Å². The molecule has 94 valence electrons. The molecule has 1 fully saturated rings. The zero-order chi connectivity index (χ0) is 12.3. The normalized spacial score (nSPS) is 17.1. The van der Waals surface area contributed by atoms with Crippen LogP contribution in [0.2, 0.25) is 0 Å². The van der Waals surface area contributed by atoms with E-state index in [9.17, 15) is 8.78 Å². The number of halogens is 2. The molecule has 0 spiro atoms. The Hall–Kier alpha value is -0.960. The molecule has 0 saturated heterocycles. The average Bonchev–Trinajstić information content (AvgIpc) is 3.12. The largest absolute Gasteiger partial charge is 0.310 e. The summed E-state index contributed by atoms with van der Waals surface area (Å²) < 4.78 is 26.4. The smallest absolute Gasteiger partial charge is 0.127 e. The van der Waals surface area contributed by atoms with Gasteiger partial charge in [0.15, 0.2) is 0 Å². The Labute approximate surface area is 101 Å². The van der Waals surface area contributed by atoms with Crippen molar-refractivity contribution in [3.05, 3.63) is 35.4 Å². The van der Waals surface area contributed by atoms with E-state index in [0.29, 0.717) is 18.2 Å². The van der Waals surface area contributed by atoms with Gasteiger partial charge in [-0.05, 0) is 37.0 Å². The van der Waals surface area contributed by atoms with Crippen LogP contribution in [0.4, 0.5) is 8.78 Å². The second-order valence-corrected chi connectivity index (χ2v) is 4.90. The molecule has 1 N–H and O–H groups in total. The average molecular weight is 239 g/mol. The lowest BCUT2D eigenvalue weighted by molar-refractivity contribution is 0.438. The minimum absolute atomic E-state index is 0.333. The van der Waals surface area contributed by atoms with Crippen molar-refractivity contribution in [2.45, 2.75) is 45.2 Å². The highest BCUT2D eigenvalue weighted by atomic mass is 19.1. The van der Waals surface area contributed by atoms with Gasteiger partial charge in [0, 0.05) is 18.2 Å². The summed E-state index contributed by atoms with van der Waals surface area (Å²) in [6.07, 6.45) is 4.85. The summed E-state index contributed by atoms with van der Waals surface area (Å²) in [7, 11) is 0. The fourth-order valence-electron chi connectivity index (χ4n) is 2.08. The van der Waals surface area contributed by atoms with E-state index in [-0.39, 0.29) is 11.6 Å². The molecule has 0 radical (unpaired) electrons. The Morgan fingerprint density at radius 1 is 1.35 bits per heavy atom. The lowest BCUT2D eigenvalue weighted by Crippen LogP contribution is -2.28. The number of rotatable bonds is 6. The van der Waals surface area contributed by atoms with Gasteiger partial charge in [-0.1, -0.05) is 19.8 Å². The molecule has 1 aromatic carbocycles. The van der Waals surface area contributed by atoms with Crippen molar-refractivity contribution in [3.63, 3.8) is 0 Å². The first-order chi connectivity index (χ1) is 8.19. The fraction of sp³-hybridized carbons (Fsp3) is 0.571. The third-order valence-corrected chi connectivity index (χ3v) is 3.40. The Balaban J connectivity index is 1.88. The molecule has 1 nitrogen and oxygen atoms in total. The summed E-state index contributed by atoms with van der Waals surface area (Å²) in [5, 5.41) is 3.32. The van der Waals surface area contributed by atoms with Crippen LogP contribution in [0.15, 0.2) is 18.2 Å². The molecule has 0 bridgehead atoms. The van der Waals surface area contributed by atoms with Gasteiger partial charge in [-0.3, -0.25) is 0 Å². The van der Waals surface area contributed by atoms with E-state index < -0.39 is 0 Å². The minimum Gasteiger partial charge on any atom is -0.310 e. The first-order valence-electron chi connectivity index (χ1n) is 6.36. The van der Waals surface area contributed by atoms with Crippen molar-refractivity contribution in [3.8, 4) is 0 Å². The van der Waals surface area contributed by atoms with E-state index in [2.05, 4.69) is 12.2 Å². The maximum absolute atomic E-state index is 13.4.